The first kappa shape index (κ1) is 19.1. The molecule has 4 aromatic carbocycles. The molecule has 4 nitrogen and oxygen atoms in total. The van der Waals surface area contributed by atoms with Crippen LogP contribution in [0.3, 0.4) is 0 Å². The lowest BCUT2D eigenvalue weighted by atomic mass is 10.1. The highest BCUT2D eigenvalue weighted by Crippen LogP contribution is 2.22. The number of fused-ring (bicyclic) bond motifs is 2. The summed E-state index contributed by atoms with van der Waals surface area (Å²) in [5.74, 6) is 1.66. The summed E-state index contributed by atoms with van der Waals surface area (Å²) in [4.78, 5) is 21.1. The van der Waals surface area contributed by atoms with E-state index in [0.29, 0.717) is 11.1 Å². The van der Waals surface area contributed by atoms with E-state index in [-0.39, 0.29) is 0 Å². The van der Waals surface area contributed by atoms with Crippen LogP contribution in [0.5, 0.6) is 11.5 Å². The molecule has 4 rings (SSSR count). The standard InChI is InChI=1S/2C12H10O2/c2*1-14-12-5-4-10-6-9(8-13)2-3-11(10)7-12/h2*2-8H,1H3. The Kier molecular flexibility index (Phi) is 6.02. The zero-order chi connectivity index (χ0) is 19.9. The van der Waals surface area contributed by atoms with Gasteiger partial charge in [0.05, 0.1) is 14.2 Å². The van der Waals surface area contributed by atoms with E-state index in [2.05, 4.69) is 0 Å². The predicted octanol–water partition coefficient (Wildman–Crippen LogP) is 5.32. The summed E-state index contributed by atoms with van der Waals surface area (Å²) >= 11 is 0. The second kappa shape index (κ2) is 8.82. The van der Waals surface area contributed by atoms with Gasteiger partial charge >= 0.3 is 0 Å². The molecule has 0 unspecified atom stereocenters. The van der Waals surface area contributed by atoms with E-state index in [1.807, 2.05) is 60.7 Å². The lowest BCUT2D eigenvalue weighted by Gasteiger charge is -2.02. The van der Waals surface area contributed by atoms with Crippen LogP contribution in [0.25, 0.3) is 21.5 Å². The first-order valence-electron chi connectivity index (χ1n) is 8.73. The molecule has 0 saturated heterocycles. The smallest absolute Gasteiger partial charge is 0.150 e. The number of methoxy groups -OCH3 is 2. The van der Waals surface area contributed by atoms with E-state index in [0.717, 1.165) is 45.6 Å². The second-order valence-electron chi connectivity index (χ2n) is 6.18. The van der Waals surface area contributed by atoms with Crippen molar-refractivity contribution in [3.05, 3.63) is 83.9 Å². The van der Waals surface area contributed by atoms with Crippen molar-refractivity contribution in [1.29, 1.82) is 0 Å². The normalized spacial score (nSPS) is 10.1. The fourth-order valence-corrected chi connectivity index (χ4v) is 2.89. The minimum Gasteiger partial charge on any atom is -0.497 e. The van der Waals surface area contributed by atoms with Crippen molar-refractivity contribution in [3.8, 4) is 11.5 Å². The molecule has 140 valence electrons. The van der Waals surface area contributed by atoms with E-state index in [1.54, 1.807) is 26.4 Å². The number of hydrogen-bond acceptors (Lipinski definition) is 4. The molecule has 0 bridgehead atoms. The highest BCUT2D eigenvalue weighted by Gasteiger charge is 1.98. The molecule has 0 atom stereocenters. The Morgan fingerprint density at radius 3 is 1.25 bits per heavy atom. The topological polar surface area (TPSA) is 52.6 Å². The van der Waals surface area contributed by atoms with E-state index in [9.17, 15) is 9.59 Å². The first-order valence-corrected chi connectivity index (χ1v) is 8.73. The Morgan fingerprint density at radius 1 is 0.536 bits per heavy atom. The van der Waals surface area contributed by atoms with Gasteiger partial charge in [0.1, 0.15) is 24.1 Å². The fraction of sp³-hybridized carbons (Fsp3) is 0.0833. The quantitative estimate of drug-likeness (QED) is 0.455. The minimum absolute atomic E-state index is 0.697. The van der Waals surface area contributed by atoms with Gasteiger partial charge in [0.2, 0.25) is 0 Å². The number of benzene rings is 4. The van der Waals surface area contributed by atoms with Gasteiger partial charge in [0.15, 0.2) is 0 Å². The Balaban J connectivity index is 0.000000161. The molecule has 4 heteroatoms. The molecule has 0 heterocycles. The summed E-state index contributed by atoms with van der Waals surface area (Å²) in [6.45, 7) is 0. The minimum atomic E-state index is 0.697. The third-order valence-corrected chi connectivity index (χ3v) is 4.42. The van der Waals surface area contributed by atoms with Gasteiger partial charge in [0, 0.05) is 11.1 Å². The molecule has 0 aromatic heterocycles. The summed E-state index contributed by atoms with van der Waals surface area (Å²) in [6.07, 6.45) is 1.70. The largest absolute Gasteiger partial charge is 0.497 e. The van der Waals surface area contributed by atoms with Gasteiger partial charge in [-0.3, -0.25) is 9.59 Å². The summed E-state index contributed by atoms with van der Waals surface area (Å²) in [5, 5.41) is 4.26. The molecule has 0 aliphatic heterocycles. The maximum atomic E-state index is 10.5. The average molecular weight is 372 g/mol. The van der Waals surface area contributed by atoms with Crippen molar-refractivity contribution in [2.45, 2.75) is 0 Å². The SMILES string of the molecule is COc1ccc2cc(C=O)ccc2c1.COc1ccc2cc(C=O)ccc2c1. The third-order valence-electron chi connectivity index (χ3n) is 4.42. The Hall–Kier alpha value is -3.66. The van der Waals surface area contributed by atoms with Crippen LogP contribution < -0.4 is 9.47 Å². The van der Waals surface area contributed by atoms with Gasteiger partial charge in [-0.1, -0.05) is 36.4 Å². The van der Waals surface area contributed by atoms with Crippen LogP contribution in [0.1, 0.15) is 20.7 Å². The summed E-state index contributed by atoms with van der Waals surface area (Å²) in [5.41, 5.74) is 1.39. The molecule has 4 aromatic rings. The van der Waals surface area contributed by atoms with Crippen molar-refractivity contribution in [2.75, 3.05) is 14.2 Å². The van der Waals surface area contributed by atoms with Crippen molar-refractivity contribution in [3.63, 3.8) is 0 Å². The molecule has 0 fully saturated rings. The van der Waals surface area contributed by atoms with Crippen LogP contribution in [0, 0.1) is 0 Å². The first-order chi connectivity index (χ1) is 13.7. The summed E-state index contributed by atoms with van der Waals surface area (Å²) in [7, 11) is 3.28. The number of carbonyl (C=O) groups is 2. The maximum absolute atomic E-state index is 10.5. The Morgan fingerprint density at radius 2 is 0.893 bits per heavy atom. The van der Waals surface area contributed by atoms with E-state index in [1.165, 1.54) is 0 Å². The molecule has 0 spiro atoms. The van der Waals surface area contributed by atoms with Crippen molar-refractivity contribution >= 4 is 34.1 Å². The number of ether oxygens (including phenoxy) is 2. The summed E-state index contributed by atoms with van der Waals surface area (Å²) < 4.78 is 10.2. The highest BCUT2D eigenvalue weighted by molar-refractivity contribution is 5.90. The van der Waals surface area contributed by atoms with Crippen LogP contribution in [0.4, 0.5) is 0 Å². The number of hydrogen-bond donors (Lipinski definition) is 0. The van der Waals surface area contributed by atoms with E-state index in [4.69, 9.17) is 9.47 Å². The molecule has 0 saturated carbocycles. The zero-order valence-electron chi connectivity index (χ0n) is 15.7. The number of carbonyl (C=O) groups excluding carboxylic acids is 2. The lowest BCUT2D eigenvalue weighted by molar-refractivity contribution is 0.111. The van der Waals surface area contributed by atoms with Crippen molar-refractivity contribution in [1.82, 2.24) is 0 Å². The van der Waals surface area contributed by atoms with Crippen molar-refractivity contribution in [2.24, 2.45) is 0 Å². The number of rotatable bonds is 4. The molecule has 28 heavy (non-hydrogen) atoms. The third kappa shape index (κ3) is 4.35. The predicted molar refractivity (Wildman–Crippen MR) is 112 cm³/mol. The monoisotopic (exact) mass is 372 g/mol. The fourth-order valence-electron chi connectivity index (χ4n) is 2.89. The van der Waals surface area contributed by atoms with E-state index < -0.39 is 0 Å². The summed E-state index contributed by atoms with van der Waals surface area (Å²) in [6, 6.07) is 22.7. The second-order valence-corrected chi connectivity index (χ2v) is 6.18. The van der Waals surface area contributed by atoms with Gasteiger partial charge in [-0.25, -0.2) is 0 Å². The highest BCUT2D eigenvalue weighted by atomic mass is 16.5. The maximum Gasteiger partial charge on any atom is 0.150 e. The van der Waals surface area contributed by atoms with Crippen LogP contribution in [-0.2, 0) is 0 Å². The molecule has 0 N–H and O–H groups in total. The Bertz CT molecular complexity index is 1040. The van der Waals surface area contributed by atoms with Crippen molar-refractivity contribution < 1.29 is 19.1 Å². The van der Waals surface area contributed by atoms with Crippen LogP contribution in [0.15, 0.2) is 72.8 Å². The van der Waals surface area contributed by atoms with Crippen LogP contribution in [0.2, 0.25) is 0 Å². The average Bonchev–Trinajstić information content (AvgIpc) is 2.77. The number of aldehydes is 2. The van der Waals surface area contributed by atoms with Crippen LogP contribution >= 0.6 is 0 Å². The van der Waals surface area contributed by atoms with E-state index >= 15 is 0 Å². The van der Waals surface area contributed by atoms with Crippen LogP contribution in [-0.4, -0.2) is 26.8 Å². The van der Waals surface area contributed by atoms with Gasteiger partial charge in [-0.05, 0) is 57.9 Å². The molecule has 0 radical (unpaired) electrons. The molecular formula is C24H20O4. The molecular weight excluding hydrogens is 352 g/mol. The Labute approximate surface area is 163 Å². The van der Waals surface area contributed by atoms with Gasteiger partial charge in [-0.15, -0.1) is 0 Å². The molecule has 0 amide bonds. The van der Waals surface area contributed by atoms with Gasteiger partial charge in [-0.2, -0.15) is 0 Å². The molecule has 0 aliphatic carbocycles. The zero-order valence-corrected chi connectivity index (χ0v) is 15.7. The lowest BCUT2D eigenvalue weighted by Crippen LogP contribution is -1.83. The van der Waals surface area contributed by atoms with Gasteiger partial charge < -0.3 is 9.47 Å². The van der Waals surface area contributed by atoms with Gasteiger partial charge in [0.25, 0.3) is 0 Å². The molecule has 0 aliphatic rings.